The van der Waals surface area contributed by atoms with Crippen LogP contribution >= 0.6 is 23.4 Å². The number of unbranched alkanes of at least 4 members (excludes halogenated alkanes) is 1. The van der Waals surface area contributed by atoms with Crippen LogP contribution in [-0.2, 0) is 19.3 Å². The predicted octanol–water partition coefficient (Wildman–Crippen LogP) is 3.87. The van der Waals surface area contributed by atoms with Crippen LogP contribution in [-0.4, -0.2) is 19.1 Å². The summed E-state index contributed by atoms with van der Waals surface area (Å²) in [6.07, 6.45) is 1.81. The van der Waals surface area contributed by atoms with Crippen LogP contribution in [0.5, 0.6) is 0 Å². The number of nitrogens with zero attached hydrogens (tertiary/aromatic N) is 3. The van der Waals surface area contributed by atoms with Gasteiger partial charge in [-0.05, 0) is 25.0 Å². The summed E-state index contributed by atoms with van der Waals surface area (Å²) in [5.74, 6) is 1.37. The first-order valence-electron chi connectivity index (χ1n) is 8.98. The van der Waals surface area contributed by atoms with Crippen molar-refractivity contribution in [2.45, 2.75) is 44.2 Å². The second-order valence-corrected chi connectivity index (χ2v) is 8.23. The lowest BCUT2D eigenvalue weighted by atomic mass is 10.2. The van der Waals surface area contributed by atoms with Gasteiger partial charge >= 0.3 is 5.69 Å². The Morgan fingerprint density at radius 2 is 2.04 bits per heavy atom. The van der Waals surface area contributed by atoms with E-state index >= 15 is 0 Å². The van der Waals surface area contributed by atoms with Gasteiger partial charge in [0.1, 0.15) is 5.82 Å². The maximum absolute atomic E-state index is 12.3. The Balaban J connectivity index is 1.92. The molecular formula is C19H23ClN4O2S. The zero-order valence-corrected chi connectivity index (χ0v) is 17.2. The van der Waals surface area contributed by atoms with Crippen LogP contribution in [0.3, 0.4) is 0 Å². The number of hydrogen-bond acceptors (Lipinski definition) is 4. The van der Waals surface area contributed by atoms with E-state index in [4.69, 9.17) is 11.6 Å². The molecule has 0 bridgehead atoms. The van der Waals surface area contributed by atoms with Gasteiger partial charge in [0.15, 0.2) is 11.2 Å². The van der Waals surface area contributed by atoms with E-state index in [1.165, 1.54) is 0 Å². The Morgan fingerprint density at radius 1 is 1.30 bits per heavy atom. The summed E-state index contributed by atoms with van der Waals surface area (Å²) in [6, 6.07) is 7.78. The Morgan fingerprint density at radius 3 is 2.74 bits per heavy atom. The van der Waals surface area contributed by atoms with E-state index in [2.05, 4.69) is 23.8 Å². The van der Waals surface area contributed by atoms with Crippen LogP contribution in [0.1, 0.15) is 43.3 Å². The lowest BCUT2D eigenvalue weighted by Crippen LogP contribution is -2.31. The Bertz CT molecular complexity index is 1070. The molecule has 0 spiro atoms. The highest BCUT2D eigenvalue weighted by Crippen LogP contribution is 2.34. The first-order valence-corrected chi connectivity index (χ1v) is 10.4. The van der Waals surface area contributed by atoms with Crippen molar-refractivity contribution in [2.75, 3.05) is 0 Å². The molecule has 0 radical (unpaired) electrons. The van der Waals surface area contributed by atoms with Gasteiger partial charge in [0, 0.05) is 23.9 Å². The molecule has 8 heteroatoms. The molecule has 1 N–H and O–H groups in total. The number of hydrogen-bond donors (Lipinski definition) is 1. The highest BCUT2D eigenvalue weighted by Gasteiger charge is 2.18. The van der Waals surface area contributed by atoms with Crippen LogP contribution in [0, 0.1) is 0 Å². The molecule has 27 heavy (non-hydrogen) atoms. The molecule has 3 rings (SSSR count). The monoisotopic (exact) mass is 406 g/mol. The fourth-order valence-electron chi connectivity index (χ4n) is 3.04. The molecule has 6 nitrogen and oxygen atoms in total. The first kappa shape index (κ1) is 19.8. The Labute approximate surface area is 166 Å². The molecule has 144 valence electrons. The summed E-state index contributed by atoms with van der Waals surface area (Å²) < 4.78 is 3.34. The van der Waals surface area contributed by atoms with E-state index in [0.29, 0.717) is 23.5 Å². The third kappa shape index (κ3) is 3.99. The molecule has 1 atom stereocenters. The van der Waals surface area contributed by atoms with Crippen molar-refractivity contribution in [2.24, 2.45) is 7.05 Å². The van der Waals surface area contributed by atoms with Crippen LogP contribution < -0.4 is 11.2 Å². The molecule has 2 aromatic heterocycles. The van der Waals surface area contributed by atoms with Gasteiger partial charge in [-0.2, -0.15) is 0 Å². The standard InChI is InChI=1S/C19H23ClN4O2S/c1-4-5-10-24-17-16(18(25)22-19(24)26)23(3)15(21-17)11-27-12(2)13-8-6-7-9-14(13)20/h6-9,12H,4-5,10-11H2,1-3H3,(H,22,25,26). The van der Waals surface area contributed by atoms with Crippen molar-refractivity contribution in [1.82, 2.24) is 19.1 Å². The van der Waals surface area contributed by atoms with Gasteiger partial charge in [-0.15, -0.1) is 11.8 Å². The zero-order valence-electron chi connectivity index (χ0n) is 15.7. The van der Waals surface area contributed by atoms with Crippen molar-refractivity contribution in [3.05, 3.63) is 61.5 Å². The lowest BCUT2D eigenvalue weighted by Gasteiger charge is -2.13. The lowest BCUT2D eigenvalue weighted by molar-refractivity contribution is 0.613. The molecule has 3 aromatic rings. The molecule has 0 saturated carbocycles. The van der Waals surface area contributed by atoms with Crippen molar-refractivity contribution in [3.8, 4) is 0 Å². The number of imidazole rings is 1. The molecule has 0 aliphatic heterocycles. The zero-order chi connectivity index (χ0) is 19.6. The van der Waals surface area contributed by atoms with Crippen LogP contribution in [0.2, 0.25) is 5.02 Å². The molecule has 0 fully saturated rings. The molecule has 1 aromatic carbocycles. The number of halogens is 1. The third-order valence-corrected chi connectivity index (χ3v) is 6.17. The minimum Gasteiger partial charge on any atom is -0.325 e. The molecule has 2 heterocycles. The van der Waals surface area contributed by atoms with E-state index in [9.17, 15) is 9.59 Å². The largest absolute Gasteiger partial charge is 0.330 e. The smallest absolute Gasteiger partial charge is 0.325 e. The fourth-order valence-corrected chi connectivity index (χ4v) is 4.44. The van der Waals surface area contributed by atoms with Crippen molar-refractivity contribution in [1.29, 1.82) is 0 Å². The molecule has 1 unspecified atom stereocenters. The van der Waals surface area contributed by atoms with Crippen LogP contribution in [0.4, 0.5) is 0 Å². The summed E-state index contributed by atoms with van der Waals surface area (Å²) in [6.45, 7) is 4.70. The number of aryl methyl sites for hydroxylation is 2. The van der Waals surface area contributed by atoms with Crippen molar-refractivity contribution < 1.29 is 0 Å². The van der Waals surface area contributed by atoms with Gasteiger partial charge in [-0.1, -0.05) is 43.1 Å². The maximum atomic E-state index is 12.3. The summed E-state index contributed by atoms with van der Waals surface area (Å²) in [5, 5.41) is 0.923. The van der Waals surface area contributed by atoms with E-state index in [0.717, 1.165) is 29.3 Å². The summed E-state index contributed by atoms with van der Waals surface area (Å²) >= 11 is 7.98. The van der Waals surface area contributed by atoms with Crippen LogP contribution in [0.25, 0.3) is 11.2 Å². The topological polar surface area (TPSA) is 72.7 Å². The molecule has 0 aliphatic carbocycles. The summed E-state index contributed by atoms with van der Waals surface area (Å²) in [4.78, 5) is 31.6. The Hall–Kier alpha value is -1.99. The summed E-state index contributed by atoms with van der Waals surface area (Å²) in [7, 11) is 1.81. The minimum absolute atomic E-state index is 0.180. The predicted molar refractivity (Wildman–Crippen MR) is 112 cm³/mol. The second kappa shape index (κ2) is 8.35. The molecule has 0 amide bonds. The highest BCUT2D eigenvalue weighted by atomic mass is 35.5. The second-order valence-electron chi connectivity index (χ2n) is 6.50. The molecular weight excluding hydrogens is 384 g/mol. The van der Waals surface area contributed by atoms with E-state index in [1.54, 1.807) is 20.9 Å². The van der Waals surface area contributed by atoms with Crippen molar-refractivity contribution in [3.63, 3.8) is 0 Å². The number of aromatic nitrogens is 4. The van der Waals surface area contributed by atoms with Crippen LogP contribution in [0.15, 0.2) is 33.9 Å². The Kier molecular flexibility index (Phi) is 6.11. The van der Waals surface area contributed by atoms with Crippen molar-refractivity contribution >= 4 is 34.5 Å². The third-order valence-electron chi connectivity index (χ3n) is 4.65. The van der Waals surface area contributed by atoms with E-state index in [1.807, 2.05) is 31.3 Å². The molecule has 0 saturated heterocycles. The van der Waals surface area contributed by atoms with Gasteiger partial charge in [-0.25, -0.2) is 9.78 Å². The van der Waals surface area contributed by atoms with E-state index < -0.39 is 11.2 Å². The summed E-state index contributed by atoms with van der Waals surface area (Å²) in [5.41, 5.74) is 1.17. The first-order chi connectivity index (χ1) is 12.9. The number of thioether (sulfide) groups is 1. The quantitative estimate of drug-likeness (QED) is 0.646. The minimum atomic E-state index is -0.400. The number of rotatable bonds is 7. The average molecular weight is 407 g/mol. The van der Waals surface area contributed by atoms with E-state index in [-0.39, 0.29) is 5.25 Å². The fraction of sp³-hybridized carbons (Fsp3) is 0.421. The number of H-pyrrole nitrogens is 1. The highest BCUT2D eigenvalue weighted by molar-refractivity contribution is 7.98. The van der Waals surface area contributed by atoms with Gasteiger partial charge < -0.3 is 4.57 Å². The number of nitrogens with one attached hydrogen (secondary N) is 1. The number of aromatic amines is 1. The van der Waals surface area contributed by atoms with Gasteiger partial charge in [0.2, 0.25) is 0 Å². The van der Waals surface area contributed by atoms with Gasteiger partial charge in [-0.3, -0.25) is 14.3 Å². The normalized spacial score (nSPS) is 12.6. The number of fused-ring (bicyclic) bond motifs is 1. The van der Waals surface area contributed by atoms with Gasteiger partial charge in [0.25, 0.3) is 5.56 Å². The molecule has 0 aliphatic rings. The number of benzene rings is 1. The van der Waals surface area contributed by atoms with Gasteiger partial charge in [0.05, 0.1) is 5.75 Å². The average Bonchev–Trinajstić information content (AvgIpc) is 2.97. The maximum Gasteiger partial charge on any atom is 0.330 e. The SMILES string of the molecule is CCCCn1c(=O)[nH]c(=O)c2c1nc(CSC(C)c1ccccc1Cl)n2C.